The van der Waals surface area contributed by atoms with Gasteiger partial charge in [-0.1, -0.05) is 13.8 Å². The predicted molar refractivity (Wildman–Crippen MR) is 76.4 cm³/mol. The fourth-order valence-corrected chi connectivity index (χ4v) is 3.23. The Labute approximate surface area is 108 Å². The first-order chi connectivity index (χ1) is 8.35. The Morgan fingerprint density at radius 3 is 2.47 bits per heavy atom. The number of hydrogen-bond acceptors (Lipinski definition) is 4. The molecular weight excluding hydrogens is 230 g/mol. The molecule has 0 aliphatic carbocycles. The van der Waals surface area contributed by atoms with Crippen molar-refractivity contribution in [2.75, 3.05) is 36.0 Å². The molecule has 96 valence electrons. The maximum absolute atomic E-state index is 4.80. The van der Waals surface area contributed by atoms with Crippen molar-refractivity contribution in [2.45, 2.75) is 39.5 Å². The Morgan fingerprint density at radius 1 is 1.24 bits per heavy atom. The Morgan fingerprint density at radius 2 is 1.88 bits per heavy atom. The topological polar surface area (TPSA) is 19.4 Å². The summed E-state index contributed by atoms with van der Waals surface area (Å²) in [6, 6.07) is 0. The molecule has 0 bridgehead atoms. The highest BCUT2D eigenvalue weighted by Gasteiger charge is 2.17. The first-order valence-electron chi connectivity index (χ1n) is 6.80. The number of thiazole rings is 1. The van der Waals surface area contributed by atoms with E-state index in [9.17, 15) is 0 Å². The molecule has 0 unspecified atom stereocenters. The molecule has 1 saturated heterocycles. The van der Waals surface area contributed by atoms with Crippen LogP contribution in [0.1, 0.15) is 39.5 Å². The maximum atomic E-state index is 4.80. The fraction of sp³-hybridized carbons (Fsp3) is 0.769. The molecule has 3 nitrogen and oxygen atoms in total. The van der Waals surface area contributed by atoms with Crippen LogP contribution in [0.4, 0.5) is 10.9 Å². The van der Waals surface area contributed by atoms with Crippen LogP contribution in [0.25, 0.3) is 0 Å². The smallest absolute Gasteiger partial charge is 0.187 e. The molecule has 0 saturated carbocycles. The van der Waals surface area contributed by atoms with Crippen molar-refractivity contribution in [3.63, 3.8) is 0 Å². The average Bonchev–Trinajstić information content (AvgIpc) is 2.99. The van der Waals surface area contributed by atoms with Crippen molar-refractivity contribution in [3.8, 4) is 0 Å². The largest absolute Gasteiger partial charge is 0.356 e. The summed E-state index contributed by atoms with van der Waals surface area (Å²) in [5.41, 5.74) is 0. The zero-order chi connectivity index (χ0) is 12.1. The van der Waals surface area contributed by atoms with E-state index >= 15 is 0 Å². The first kappa shape index (κ1) is 12.7. The number of anilines is 2. The quantitative estimate of drug-likeness (QED) is 0.775. The molecular formula is C13H23N3S. The minimum atomic E-state index is 1.13. The van der Waals surface area contributed by atoms with Gasteiger partial charge in [0.2, 0.25) is 0 Å². The Bertz CT molecular complexity index is 325. The molecule has 1 aromatic heterocycles. The lowest BCUT2D eigenvalue weighted by molar-refractivity contribution is 0.741. The third-order valence-electron chi connectivity index (χ3n) is 3.17. The Balaban J connectivity index is 2.03. The predicted octanol–water partition coefficient (Wildman–Crippen LogP) is 3.37. The van der Waals surface area contributed by atoms with E-state index in [2.05, 4.69) is 29.0 Å². The van der Waals surface area contributed by atoms with Gasteiger partial charge in [0.15, 0.2) is 5.13 Å². The summed E-state index contributed by atoms with van der Waals surface area (Å²) < 4.78 is 0. The molecule has 1 fully saturated rings. The summed E-state index contributed by atoms with van der Waals surface area (Å²) in [5.74, 6) is 1.19. The van der Waals surface area contributed by atoms with Crippen LogP contribution in [-0.4, -0.2) is 31.2 Å². The van der Waals surface area contributed by atoms with Crippen LogP contribution >= 0.6 is 11.3 Å². The average molecular weight is 253 g/mol. The van der Waals surface area contributed by atoms with Crippen LogP contribution in [0.2, 0.25) is 0 Å². The van der Waals surface area contributed by atoms with Gasteiger partial charge in [-0.2, -0.15) is 0 Å². The van der Waals surface area contributed by atoms with Gasteiger partial charge in [-0.05, 0) is 25.7 Å². The SMILES string of the molecule is CCCN(CCC)c1nc(N2CCCC2)cs1. The molecule has 17 heavy (non-hydrogen) atoms. The molecule has 1 aliphatic heterocycles. The molecule has 0 atom stereocenters. The van der Waals surface area contributed by atoms with Crippen LogP contribution in [0.15, 0.2) is 5.38 Å². The molecule has 0 N–H and O–H groups in total. The van der Waals surface area contributed by atoms with Crippen molar-refractivity contribution in [2.24, 2.45) is 0 Å². The van der Waals surface area contributed by atoms with Gasteiger partial charge in [0.1, 0.15) is 5.82 Å². The second-order valence-electron chi connectivity index (χ2n) is 4.67. The monoisotopic (exact) mass is 253 g/mol. The molecule has 0 radical (unpaired) electrons. The summed E-state index contributed by atoms with van der Waals surface area (Å²) >= 11 is 1.80. The van der Waals surface area contributed by atoms with Crippen LogP contribution in [0.3, 0.4) is 0 Å². The van der Waals surface area contributed by atoms with Gasteiger partial charge >= 0.3 is 0 Å². The lowest BCUT2D eigenvalue weighted by atomic mass is 10.4. The van der Waals surface area contributed by atoms with Gasteiger partial charge in [-0.15, -0.1) is 11.3 Å². The Kier molecular flexibility index (Phi) is 4.66. The Hall–Kier alpha value is -0.770. The van der Waals surface area contributed by atoms with Gasteiger partial charge in [-0.3, -0.25) is 0 Å². The number of hydrogen-bond donors (Lipinski definition) is 0. The van der Waals surface area contributed by atoms with Gasteiger partial charge in [0, 0.05) is 31.6 Å². The molecule has 0 aromatic carbocycles. The highest BCUT2D eigenvalue weighted by molar-refractivity contribution is 7.14. The maximum Gasteiger partial charge on any atom is 0.187 e. The second-order valence-corrected chi connectivity index (χ2v) is 5.51. The summed E-state index contributed by atoms with van der Waals surface area (Å²) in [4.78, 5) is 9.63. The van der Waals surface area contributed by atoms with E-state index in [-0.39, 0.29) is 0 Å². The lowest BCUT2D eigenvalue weighted by Gasteiger charge is -2.20. The highest BCUT2D eigenvalue weighted by atomic mass is 32.1. The van der Waals surface area contributed by atoms with Crippen LogP contribution in [0, 0.1) is 0 Å². The number of aromatic nitrogens is 1. The van der Waals surface area contributed by atoms with Crippen LogP contribution < -0.4 is 9.80 Å². The van der Waals surface area contributed by atoms with Crippen LogP contribution in [-0.2, 0) is 0 Å². The van der Waals surface area contributed by atoms with E-state index in [0.717, 1.165) is 13.1 Å². The third kappa shape index (κ3) is 3.12. The third-order valence-corrected chi connectivity index (χ3v) is 4.06. The summed E-state index contributed by atoms with van der Waals surface area (Å²) in [5, 5.41) is 3.43. The van der Waals surface area contributed by atoms with Gasteiger partial charge in [0.05, 0.1) is 0 Å². The standard InChI is InChI=1S/C13H23N3S/c1-3-7-16(8-4-2)13-14-12(11-17-13)15-9-5-6-10-15/h11H,3-10H2,1-2H3. The zero-order valence-corrected chi connectivity index (χ0v) is 11.8. The summed E-state index contributed by atoms with van der Waals surface area (Å²) in [6.07, 6.45) is 5.03. The molecule has 2 rings (SSSR count). The molecule has 1 aliphatic rings. The van der Waals surface area contributed by atoms with E-state index in [1.807, 2.05) is 0 Å². The second kappa shape index (κ2) is 6.24. The van der Waals surface area contributed by atoms with E-state index < -0.39 is 0 Å². The van der Waals surface area contributed by atoms with Crippen molar-refractivity contribution in [1.82, 2.24) is 4.98 Å². The van der Waals surface area contributed by atoms with Gasteiger partial charge in [-0.25, -0.2) is 4.98 Å². The molecule has 0 spiro atoms. The summed E-state index contributed by atoms with van der Waals surface area (Å²) in [7, 11) is 0. The first-order valence-corrected chi connectivity index (χ1v) is 7.68. The van der Waals surface area contributed by atoms with E-state index in [4.69, 9.17) is 4.98 Å². The van der Waals surface area contributed by atoms with Crippen molar-refractivity contribution in [3.05, 3.63) is 5.38 Å². The number of nitrogens with zero attached hydrogens (tertiary/aromatic N) is 3. The van der Waals surface area contributed by atoms with E-state index in [1.165, 1.54) is 49.7 Å². The zero-order valence-electron chi connectivity index (χ0n) is 11.0. The van der Waals surface area contributed by atoms with Crippen molar-refractivity contribution in [1.29, 1.82) is 0 Å². The molecule has 2 heterocycles. The van der Waals surface area contributed by atoms with E-state index in [1.54, 1.807) is 11.3 Å². The van der Waals surface area contributed by atoms with Gasteiger partial charge in [0.25, 0.3) is 0 Å². The van der Waals surface area contributed by atoms with Gasteiger partial charge < -0.3 is 9.80 Å². The minimum absolute atomic E-state index is 1.13. The minimum Gasteiger partial charge on any atom is -0.356 e. The van der Waals surface area contributed by atoms with E-state index in [0.29, 0.717) is 0 Å². The molecule has 1 aromatic rings. The molecule has 4 heteroatoms. The summed E-state index contributed by atoms with van der Waals surface area (Å²) in [6.45, 7) is 9.09. The van der Waals surface area contributed by atoms with Crippen LogP contribution in [0.5, 0.6) is 0 Å². The van der Waals surface area contributed by atoms with Crippen molar-refractivity contribution < 1.29 is 0 Å². The number of rotatable bonds is 6. The van der Waals surface area contributed by atoms with Crippen molar-refractivity contribution >= 4 is 22.3 Å². The normalized spacial score (nSPS) is 15.5. The highest BCUT2D eigenvalue weighted by Crippen LogP contribution is 2.28. The fourth-order valence-electron chi connectivity index (χ4n) is 2.34. The molecule has 0 amide bonds. The lowest BCUT2D eigenvalue weighted by Crippen LogP contribution is -2.25.